The first kappa shape index (κ1) is 13.2. The topological polar surface area (TPSA) is 33.0 Å². The van der Waals surface area contributed by atoms with Gasteiger partial charge < -0.3 is 4.74 Å². The van der Waals surface area contributed by atoms with Crippen LogP contribution in [-0.4, -0.2) is 13.2 Å². The lowest BCUT2D eigenvalue weighted by Gasteiger charge is -2.33. The Kier molecular flexibility index (Phi) is 2.16. The molecule has 0 amide bonds. The second kappa shape index (κ2) is 3.92. The molecule has 1 spiro atoms. The van der Waals surface area contributed by atoms with E-state index in [2.05, 4.69) is 61.5 Å². The third kappa shape index (κ3) is 1.11. The lowest BCUT2D eigenvalue weighted by molar-refractivity contribution is 0.00626. The summed E-state index contributed by atoms with van der Waals surface area (Å²) in [6, 6.07) is 20.5. The fourth-order valence-corrected chi connectivity index (χ4v) is 6.86. The Morgan fingerprint density at radius 1 is 1.04 bits per heavy atom. The Balaban J connectivity index is 1.62. The van der Waals surface area contributed by atoms with Crippen LogP contribution >= 0.6 is 0 Å². The second-order valence-electron chi connectivity index (χ2n) is 8.13. The molecule has 0 radical (unpaired) electrons. The Bertz CT molecular complexity index is 910. The predicted molar refractivity (Wildman–Crippen MR) is 90.6 cm³/mol. The summed E-state index contributed by atoms with van der Waals surface area (Å²) in [7, 11) is 0. The summed E-state index contributed by atoms with van der Waals surface area (Å²) in [6.07, 6.45) is 0. The van der Waals surface area contributed by atoms with Crippen LogP contribution in [0.3, 0.4) is 0 Å². The average Bonchev–Trinajstić information content (AvgIpc) is 3.02. The first-order valence-electron chi connectivity index (χ1n) is 8.90. The summed E-state index contributed by atoms with van der Waals surface area (Å²) in [5.74, 6) is 1.59. The van der Waals surface area contributed by atoms with Crippen LogP contribution in [0.4, 0.5) is 0 Å². The number of hydrogen-bond donors (Lipinski definition) is 0. The first-order valence-corrected chi connectivity index (χ1v) is 8.90. The molecule has 0 N–H and O–H groups in total. The third-order valence-corrected chi connectivity index (χ3v) is 7.47. The molecule has 2 aromatic carbocycles. The highest BCUT2D eigenvalue weighted by Gasteiger charge is 2.92. The zero-order valence-electron chi connectivity index (χ0n) is 13.7. The van der Waals surface area contributed by atoms with Gasteiger partial charge in [-0.25, -0.2) is 0 Å². The SMILES string of the molecule is Cc1ccc([C@H]2[C@@H]3COCC45C3c3ccccc3C4C25C#N)cc1. The molecule has 24 heavy (non-hydrogen) atoms. The van der Waals surface area contributed by atoms with E-state index in [9.17, 15) is 5.26 Å². The molecule has 118 valence electrons. The van der Waals surface area contributed by atoms with Gasteiger partial charge in [0.25, 0.3) is 0 Å². The molecule has 4 unspecified atom stereocenters. The van der Waals surface area contributed by atoms with Crippen molar-refractivity contribution in [3.8, 4) is 6.07 Å². The number of hydrogen-bond acceptors (Lipinski definition) is 2. The van der Waals surface area contributed by atoms with Crippen LogP contribution < -0.4 is 0 Å². The summed E-state index contributed by atoms with van der Waals surface area (Å²) in [6.45, 7) is 3.66. The van der Waals surface area contributed by atoms with E-state index in [-0.39, 0.29) is 10.8 Å². The van der Waals surface area contributed by atoms with Crippen LogP contribution in [0.1, 0.15) is 40.0 Å². The van der Waals surface area contributed by atoms with E-state index in [4.69, 9.17) is 4.74 Å². The maximum absolute atomic E-state index is 10.3. The zero-order valence-corrected chi connectivity index (χ0v) is 13.7. The Morgan fingerprint density at radius 3 is 2.54 bits per heavy atom. The summed E-state index contributed by atoms with van der Waals surface area (Å²) < 4.78 is 6.06. The molecule has 3 aliphatic carbocycles. The summed E-state index contributed by atoms with van der Waals surface area (Å²) >= 11 is 0. The smallest absolute Gasteiger partial charge is 0.0811 e. The highest BCUT2D eigenvalue weighted by Crippen LogP contribution is 2.94. The van der Waals surface area contributed by atoms with Gasteiger partial charge in [0.15, 0.2) is 0 Å². The van der Waals surface area contributed by atoms with E-state index in [1.807, 2.05) is 0 Å². The van der Waals surface area contributed by atoms with Crippen molar-refractivity contribution in [1.29, 1.82) is 5.26 Å². The van der Waals surface area contributed by atoms with Crippen LogP contribution in [0.25, 0.3) is 0 Å². The van der Waals surface area contributed by atoms with Gasteiger partial charge in [-0.3, -0.25) is 0 Å². The second-order valence-corrected chi connectivity index (χ2v) is 8.13. The quantitative estimate of drug-likeness (QED) is 0.793. The van der Waals surface area contributed by atoms with E-state index < -0.39 is 0 Å². The molecule has 2 aromatic rings. The summed E-state index contributed by atoms with van der Waals surface area (Å²) in [5, 5.41) is 10.3. The number of fused-ring (bicyclic) bond motifs is 3. The van der Waals surface area contributed by atoms with E-state index in [0.717, 1.165) is 13.2 Å². The van der Waals surface area contributed by atoms with Crippen LogP contribution in [-0.2, 0) is 4.74 Å². The van der Waals surface area contributed by atoms with Gasteiger partial charge in [-0.15, -0.1) is 0 Å². The van der Waals surface area contributed by atoms with Crippen molar-refractivity contribution in [2.75, 3.05) is 13.2 Å². The minimum Gasteiger partial charge on any atom is -0.380 e. The normalized spacial score (nSPS) is 43.0. The number of ether oxygens (including phenoxy) is 1. The molecule has 2 saturated carbocycles. The Labute approximate surface area is 142 Å². The molecule has 2 nitrogen and oxygen atoms in total. The molecule has 4 aliphatic rings. The van der Waals surface area contributed by atoms with E-state index in [0.29, 0.717) is 23.7 Å². The lowest BCUT2D eigenvalue weighted by Crippen LogP contribution is -2.31. The molecule has 6 atom stereocenters. The standard InChI is InChI=1S/C22H19NO/c1-13-6-8-14(9-7-13)18-17-10-24-12-22-19(17)15-4-2-3-5-16(15)20(22)21(18,22)11-23/h2-9,17-20H,10,12H2,1H3/t17-,18-,19?,20?,21?,22?/m0/s1. The molecule has 0 aromatic heterocycles. The molecule has 3 fully saturated rings. The van der Waals surface area contributed by atoms with Gasteiger partial charge in [-0.1, -0.05) is 54.1 Å². The van der Waals surface area contributed by atoms with Gasteiger partial charge in [0.05, 0.1) is 24.7 Å². The maximum Gasteiger partial charge on any atom is 0.0811 e. The first-order chi connectivity index (χ1) is 11.8. The van der Waals surface area contributed by atoms with Crippen molar-refractivity contribution in [2.24, 2.45) is 16.7 Å². The van der Waals surface area contributed by atoms with Crippen molar-refractivity contribution in [1.82, 2.24) is 0 Å². The van der Waals surface area contributed by atoms with Crippen LogP contribution in [0.15, 0.2) is 48.5 Å². The van der Waals surface area contributed by atoms with Crippen LogP contribution in [0.2, 0.25) is 0 Å². The number of nitrogens with zero attached hydrogens (tertiary/aromatic N) is 1. The van der Waals surface area contributed by atoms with Gasteiger partial charge in [0, 0.05) is 17.3 Å². The van der Waals surface area contributed by atoms with Crippen LogP contribution in [0, 0.1) is 35.0 Å². The highest BCUT2D eigenvalue weighted by molar-refractivity contribution is 5.64. The maximum atomic E-state index is 10.3. The Hall–Kier alpha value is -2.11. The molecular weight excluding hydrogens is 294 g/mol. The third-order valence-electron chi connectivity index (χ3n) is 7.47. The van der Waals surface area contributed by atoms with Gasteiger partial charge in [-0.05, 0) is 35.4 Å². The van der Waals surface area contributed by atoms with Gasteiger partial charge in [0.1, 0.15) is 0 Å². The van der Waals surface area contributed by atoms with Gasteiger partial charge >= 0.3 is 0 Å². The van der Waals surface area contributed by atoms with E-state index >= 15 is 0 Å². The molecule has 2 heteroatoms. The van der Waals surface area contributed by atoms with E-state index in [1.165, 1.54) is 22.3 Å². The van der Waals surface area contributed by atoms with Gasteiger partial charge in [0.2, 0.25) is 0 Å². The minimum atomic E-state index is -0.261. The molecule has 1 heterocycles. The van der Waals surface area contributed by atoms with Crippen molar-refractivity contribution >= 4 is 0 Å². The number of aryl methyl sites for hydroxylation is 1. The minimum absolute atomic E-state index is 0.0317. The Morgan fingerprint density at radius 2 is 1.79 bits per heavy atom. The van der Waals surface area contributed by atoms with Crippen LogP contribution in [0.5, 0.6) is 0 Å². The zero-order chi connectivity index (χ0) is 16.1. The van der Waals surface area contributed by atoms with Crippen molar-refractivity contribution in [3.63, 3.8) is 0 Å². The summed E-state index contributed by atoms with van der Waals surface area (Å²) in [5.41, 5.74) is 5.30. The van der Waals surface area contributed by atoms with Crippen molar-refractivity contribution in [2.45, 2.75) is 24.7 Å². The predicted octanol–water partition coefficient (Wildman–Crippen LogP) is 4.13. The monoisotopic (exact) mass is 313 g/mol. The lowest BCUT2D eigenvalue weighted by atomic mass is 9.75. The molecule has 1 aliphatic heterocycles. The molecule has 2 bridgehead atoms. The fourth-order valence-electron chi connectivity index (χ4n) is 6.86. The van der Waals surface area contributed by atoms with E-state index in [1.54, 1.807) is 0 Å². The van der Waals surface area contributed by atoms with Crippen molar-refractivity contribution < 1.29 is 4.74 Å². The molecular formula is C22H19NO. The molecule has 1 saturated heterocycles. The van der Waals surface area contributed by atoms with Crippen molar-refractivity contribution in [3.05, 3.63) is 70.8 Å². The molecule has 6 rings (SSSR count). The van der Waals surface area contributed by atoms with Gasteiger partial charge in [-0.2, -0.15) is 5.26 Å². The average molecular weight is 313 g/mol. The number of rotatable bonds is 1. The highest BCUT2D eigenvalue weighted by atomic mass is 16.5. The largest absolute Gasteiger partial charge is 0.380 e. The summed E-state index contributed by atoms with van der Waals surface area (Å²) in [4.78, 5) is 0. The number of benzene rings is 2. The fraction of sp³-hybridized carbons (Fsp3) is 0.409. The number of nitriles is 1.